The van der Waals surface area contributed by atoms with Crippen LogP contribution in [0.5, 0.6) is 0 Å². The smallest absolute Gasteiger partial charge is 0.259 e. The summed E-state index contributed by atoms with van der Waals surface area (Å²) in [5.41, 5.74) is 1.97. The Morgan fingerprint density at radius 2 is 1.86 bits per heavy atom. The molecule has 7 nitrogen and oxygen atoms in total. The van der Waals surface area contributed by atoms with E-state index in [1.807, 2.05) is 4.57 Å². The zero-order valence-electron chi connectivity index (χ0n) is 20.3. The summed E-state index contributed by atoms with van der Waals surface area (Å²) in [5.74, 6) is 1.66. The minimum atomic E-state index is -0.277. The van der Waals surface area contributed by atoms with Gasteiger partial charge in [0.1, 0.15) is 16.5 Å². The fourth-order valence-corrected chi connectivity index (χ4v) is 7.47. The number of hydrogen-bond donors (Lipinski definition) is 1. The molecule has 4 aromatic rings. The van der Waals surface area contributed by atoms with Gasteiger partial charge in [-0.3, -0.25) is 14.3 Å². The lowest BCUT2D eigenvalue weighted by Crippen LogP contribution is -2.33. The third-order valence-electron chi connectivity index (χ3n) is 7.27. The van der Waals surface area contributed by atoms with Crippen molar-refractivity contribution in [2.75, 3.05) is 13.1 Å². The Balaban J connectivity index is 1.31. The zero-order valence-corrected chi connectivity index (χ0v) is 21.9. The van der Waals surface area contributed by atoms with Gasteiger partial charge in [0.15, 0.2) is 11.0 Å². The first-order valence-electron chi connectivity index (χ1n) is 12.7. The lowest BCUT2D eigenvalue weighted by atomic mass is 9.97. The van der Waals surface area contributed by atoms with Crippen LogP contribution in [-0.4, -0.2) is 42.7 Å². The van der Waals surface area contributed by atoms with Crippen molar-refractivity contribution < 1.29 is 4.39 Å². The largest absolute Gasteiger partial charge is 0.309 e. The van der Waals surface area contributed by atoms with Gasteiger partial charge in [0.2, 0.25) is 0 Å². The maximum atomic E-state index is 13.7. The molecule has 0 bridgehead atoms. The van der Waals surface area contributed by atoms with E-state index < -0.39 is 0 Å². The molecule has 10 heteroatoms. The van der Waals surface area contributed by atoms with E-state index in [2.05, 4.69) is 27.0 Å². The third-order valence-corrected chi connectivity index (χ3v) is 9.39. The second-order valence-electron chi connectivity index (χ2n) is 9.62. The van der Waals surface area contributed by atoms with Crippen LogP contribution in [0.25, 0.3) is 15.9 Å². The van der Waals surface area contributed by atoms with Gasteiger partial charge in [0, 0.05) is 10.6 Å². The van der Waals surface area contributed by atoms with Gasteiger partial charge in [0.25, 0.3) is 5.56 Å². The van der Waals surface area contributed by atoms with E-state index >= 15 is 0 Å². The van der Waals surface area contributed by atoms with Gasteiger partial charge in [0.05, 0.1) is 17.2 Å². The van der Waals surface area contributed by atoms with E-state index in [0.717, 1.165) is 54.1 Å². The third kappa shape index (κ3) is 4.50. The highest BCUT2D eigenvalue weighted by molar-refractivity contribution is 7.98. The molecule has 1 aromatic carbocycles. The predicted molar refractivity (Wildman–Crippen MR) is 142 cm³/mol. The summed E-state index contributed by atoms with van der Waals surface area (Å²) in [7, 11) is 0. The van der Waals surface area contributed by atoms with Crippen LogP contribution in [0.3, 0.4) is 0 Å². The molecule has 1 aliphatic heterocycles. The Kier molecular flexibility index (Phi) is 6.66. The average Bonchev–Trinajstić information content (AvgIpc) is 3.49. The van der Waals surface area contributed by atoms with Gasteiger partial charge in [-0.25, -0.2) is 9.37 Å². The maximum Gasteiger partial charge on any atom is 0.259 e. The van der Waals surface area contributed by atoms with Crippen LogP contribution < -0.4 is 5.56 Å². The van der Waals surface area contributed by atoms with E-state index in [1.165, 1.54) is 60.0 Å². The Labute approximate surface area is 217 Å². The number of rotatable bonds is 6. The molecule has 1 fully saturated rings. The predicted octanol–water partition coefficient (Wildman–Crippen LogP) is 5.42. The van der Waals surface area contributed by atoms with Gasteiger partial charge in [-0.1, -0.05) is 18.2 Å². The highest BCUT2D eigenvalue weighted by Crippen LogP contribution is 2.34. The minimum Gasteiger partial charge on any atom is -0.309 e. The molecule has 1 atom stereocenters. The standard InChI is InChI=1S/C26H29FN6OS2/c1-16(32-13-5-2-6-14-32)23-30-31-26(33(23)18-11-9-17(27)10-12-18)35-15-21-28-24(34)22-19-7-3-4-8-20(19)36-25(22)29-21/h9-12,16H,2-8,13-15H2,1H3,(H,28,29,34)/t16-/m1/s1. The number of thiophene rings is 1. The first-order valence-corrected chi connectivity index (χ1v) is 14.5. The van der Waals surface area contributed by atoms with Crippen molar-refractivity contribution >= 4 is 33.3 Å². The SMILES string of the molecule is C[C@H](c1nnc(SCc2nc3sc4c(c3c(=O)[nH]2)CCCC4)n1-c1ccc(F)cc1)N1CCCCC1. The van der Waals surface area contributed by atoms with E-state index in [0.29, 0.717) is 16.7 Å². The zero-order chi connectivity index (χ0) is 24.6. The topological polar surface area (TPSA) is 79.7 Å². The van der Waals surface area contributed by atoms with Gasteiger partial charge in [-0.15, -0.1) is 21.5 Å². The van der Waals surface area contributed by atoms with Crippen molar-refractivity contribution in [2.45, 2.75) is 68.8 Å². The lowest BCUT2D eigenvalue weighted by molar-refractivity contribution is 0.167. The summed E-state index contributed by atoms with van der Waals surface area (Å²) in [6.45, 7) is 4.24. The number of halogens is 1. The summed E-state index contributed by atoms with van der Waals surface area (Å²) >= 11 is 3.15. The van der Waals surface area contributed by atoms with Crippen LogP contribution in [0.2, 0.25) is 0 Å². The second kappa shape index (κ2) is 10.1. The molecule has 3 aromatic heterocycles. The van der Waals surface area contributed by atoms with Gasteiger partial charge < -0.3 is 4.98 Å². The van der Waals surface area contributed by atoms with Crippen LogP contribution in [0.4, 0.5) is 4.39 Å². The minimum absolute atomic E-state index is 0.0468. The van der Waals surface area contributed by atoms with Gasteiger partial charge >= 0.3 is 0 Å². The molecule has 1 saturated heterocycles. The Hall–Kier alpha value is -2.56. The van der Waals surface area contributed by atoms with Crippen molar-refractivity contribution in [1.29, 1.82) is 0 Å². The number of aromatic amines is 1. The highest BCUT2D eigenvalue weighted by Gasteiger charge is 2.26. The Bertz CT molecular complexity index is 1440. The average molecular weight is 525 g/mol. The highest BCUT2D eigenvalue weighted by atomic mass is 32.2. The quantitative estimate of drug-likeness (QED) is 0.339. The normalized spacial score (nSPS) is 17.4. The summed E-state index contributed by atoms with van der Waals surface area (Å²) in [5, 5.41) is 10.6. The molecule has 2 aliphatic rings. The lowest BCUT2D eigenvalue weighted by Gasteiger charge is -2.31. The molecule has 36 heavy (non-hydrogen) atoms. The van der Waals surface area contributed by atoms with E-state index in [4.69, 9.17) is 4.98 Å². The number of nitrogens with zero attached hydrogens (tertiary/aromatic N) is 5. The Morgan fingerprint density at radius 3 is 2.67 bits per heavy atom. The molecule has 0 unspecified atom stereocenters. The van der Waals surface area contributed by atoms with Crippen molar-refractivity contribution in [3.05, 3.63) is 62.5 Å². The van der Waals surface area contributed by atoms with Crippen LogP contribution in [0.15, 0.2) is 34.2 Å². The summed E-state index contributed by atoms with van der Waals surface area (Å²) in [4.78, 5) is 25.4. The van der Waals surface area contributed by atoms with Gasteiger partial charge in [-0.05, 0) is 88.4 Å². The van der Waals surface area contributed by atoms with Crippen molar-refractivity contribution in [3.8, 4) is 5.69 Å². The molecule has 0 saturated carbocycles. The van der Waals surface area contributed by atoms with Crippen LogP contribution in [-0.2, 0) is 18.6 Å². The monoisotopic (exact) mass is 524 g/mol. The fourth-order valence-electron chi connectivity index (χ4n) is 5.36. The van der Waals surface area contributed by atoms with Crippen LogP contribution >= 0.6 is 23.1 Å². The summed E-state index contributed by atoms with van der Waals surface area (Å²) in [6, 6.07) is 6.54. The van der Waals surface area contributed by atoms with Crippen molar-refractivity contribution in [1.82, 2.24) is 29.6 Å². The number of benzene rings is 1. The molecule has 0 radical (unpaired) electrons. The van der Waals surface area contributed by atoms with Crippen LogP contribution in [0, 0.1) is 5.82 Å². The number of hydrogen-bond acceptors (Lipinski definition) is 7. The molecule has 1 N–H and O–H groups in total. The molecule has 6 rings (SSSR count). The molecule has 4 heterocycles. The van der Waals surface area contributed by atoms with Gasteiger partial charge in [-0.2, -0.15) is 0 Å². The number of H-pyrrole nitrogens is 1. The fraction of sp³-hybridized carbons (Fsp3) is 0.462. The number of likely N-dealkylation sites (tertiary alicyclic amines) is 1. The van der Waals surface area contributed by atoms with Crippen molar-refractivity contribution in [3.63, 3.8) is 0 Å². The molecule has 188 valence electrons. The number of nitrogens with one attached hydrogen (secondary N) is 1. The number of thioether (sulfide) groups is 1. The number of aryl methyl sites for hydroxylation is 2. The Morgan fingerprint density at radius 1 is 1.08 bits per heavy atom. The summed E-state index contributed by atoms with van der Waals surface area (Å²) in [6.07, 6.45) is 7.95. The van der Waals surface area contributed by atoms with E-state index in [-0.39, 0.29) is 17.4 Å². The molecular formula is C26H29FN6OS2. The van der Waals surface area contributed by atoms with Crippen LogP contribution in [0.1, 0.15) is 67.2 Å². The first-order chi connectivity index (χ1) is 17.6. The number of piperidine rings is 1. The molecule has 0 amide bonds. The molecule has 1 aliphatic carbocycles. The van der Waals surface area contributed by atoms with E-state index in [1.54, 1.807) is 23.5 Å². The van der Waals surface area contributed by atoms with E-state index in [9.17, 15) is 9.18 Å². The number of aromatic nitrogens is 5. The maximum absolute atomic E-state index is 13.7. The summed E-state index contributed by atoms with van der Waals surface area (Å²) < 4.78 is 15.7. The van der Waals surface area contributed by atoms with Crippen molar-refractivity contribution in [2.24, 2.45) is 0 Å². The number of fused-ring (bicyclic) bond motifs is 3. The first kappa shape index (κ1) is 23.8. The second-order valence-corrected chi connectivity index (χ2v) is 11.6. The molecule has 0 spiro atoms. The molecular weight excluding hydrogens is 495 g/mol.